The van der Waals surface area contributed by atoms with Gasteiger partial charge in [0.1, 0.15) is 5.70 Å². The molecule has 6 heteroatoms. The van der Waals surface area contributed by atoms with Crippen LogP contribution >= 0.6 is 0 Å². The molecule has 25 heavy (non-hydrogen) atoms. The fourth-order valence-electron chi connectivity index (χ4n) is 2.55. The van der Waals surface area contributed by atoms with Crippen LogP contribution in [0.4, 0.5) is 4.79 Å². The molecule has 0 saturated carbocycles. The van der Waals surface area contributed by atoms with Gasteiger partial charge in [-0.3, -0.25) is 9.69 Å². The van der Waals surface area contributed by atoms with Crippen molar-refractivity contribution in [3.05, 3.63) is 77.0 Å². The highest BCUT2D eigenvalue weighted by Crippen LogP contribution is 2.15. The number of amides is 3. The van der Waals surface area contributed by atoms with Crippen LogP contribution in [0.5, 0.6) is 0 Å². The zero-order valence-electron chi connectivity index (χ0n) is 13.3. The quantitative estimate of drug-likeness (QED) is 0.649. The Kier molecular flexibility index (Phi) is 4.61. The first-order valence-corrected chi connectivity index (χ1v) is 7.76. The van der Waals surface area contributed by atoms with Crippen LogP contribution in [-0.4, -0.2) is 34.5 Å². The van der Waals surface area contributed by atoms with Crippen LogP contribution in [0.2, 0.25) is 0 Å². The molecule has 2 aromatic carbocycles. The van der Waals surface area contributed by atoms with Gasteiger partial charge in [-0.2, -0.15) is 0 Å². The van der Waals surface area contributed by atoms with Crippen molar-refractivity contribution in [2.45, 2.75) is 6.42 Å². The van der Waals surface area contributed by atoms with E-state index >= 15 is 0 Å². The monoisotopic (exact) mass is 336 g/mol. The molecule has 2 aromatic rings. The molecule has 1 aliphatic heterocycles. The van der Waals surface area contributed by atoms with Gasteiger partial charge in [0.05, 0.1) is 5.56 Å². The molecule has 1 fully saturated rings. The van der Waals surface area contributed by atoms with Crippen molar-refractivity contribution in [2.24, 2.45) is 0 Å². The van der Waals surface area contributed by atoms with E-state index in [2.05, 4.69) is 5.32 Å². The fourth-order valence-corrected chi connectivity index (χ4v) is 2.55. The van der Waals surface area contributed by atoms with E-state index in [-0.39, 0.29) is 17.2 Å². The Hall–Kier alpha value is -3.41. The van der Waals surface area contributed by atoms with E-state index in [0.29, 0.717) is 18.5 Å². The molecule has 1 heterocycles. The van der Waals surface area contributed by atoms with Crippen LogP contribution in [0, 0.1) is 0 Å². The number of carbonyl (C=O) groups is 3. The van der Waals surface area contributed by atoms with E-state index in [9.17, 15) is 14.4 Å². The first-order valence-electron chi connectivity index (χ1n) is 7.76. The molecule has 6 nitrogen and oxygen atoms in total. The lowest BCUT2D eigenvalue weighted by Gasteiger charge is -2.11. The Morgan fingerprint density at radius 2 is 1.72 bits per heavy atom. The zero-order valence-corrected chi connectivity index (χ0v) is 13.3. The summed E-state index contributed by atoms with van der Waals surface area (Å²) >= 11 is 0. The van der Waals surface area contributed by atoms with E-state index in [1.165, 1.54) is 23.1 Å². The van der Waals surface area contributed by atoms with Crippen LogP contribution < -0.4 is 5.32 Å². The topological polar surface area (TPSA) is 86.7 Å². The molecular formula is C19H16N2O4. The minimum atomic E-state index is -1.02. The first-order chi connectivity index (χ1) is 12.0. The number of carboxylic acid groups (broad SMARTS) is 1. The number of urea groups is 1. The second-order valence-corrected chi connectivity index (χ2v) is 5.61. The van der Waals surface area contributed by atoms with Crippen molar-refractivity contribution in [3.8, 4) is 0 Å². The minimum Gasteiger partial charge on any atom is -0.478 e. The van der Waals surface area contributed by atoms with Gasteiger partial charge in [-0.15, -0.1) is 0 Å². The van der Waals surface area contributed by atoms with Crippen LogP contribution in [0.15, 0.2) is 60.3 Å². The third-order valence-corrected chi connectivity index (χ3v) is 3.90. The highest BCUT2D eigenvalue weighted by molar-refractivity contribution is 6.14. The SMILES string of the molecule is O=C(O)c1ccc(/C=C2/NC(=O)N(CCc3ccccc3)C2=O)cc1. The first kappa shape index (κ1) is 16.4. The fraction of sp³-hybridized carbons (Fsp3) is 0.105. The number of imide groups is 1. The molecule has 0 unspecified atom stereocenters. The van der Waals surface area contributed by atoms with Gasteiger partial charge in [0.2, 0.25) is 0 Å². The molecule has 126 valence electrons. The van der Waals surface area contributed by atoms with Gasteiger partial charge in [-0.05, 0) is 35.8 Å². The Labute approximate surface area is 144 Å². The summed E-state index contributed by atoms with van der Waals surface area (Å²) in [5, 5.41) is 11.4. The number of benzene rings is 2. The lowest BCUT2D eigenvalue weighted by Crippen LogP contribution is -2.32. The number of hydrogen-bond acceptors (Lipinski definition) is 3. The molecule has 3 amide bonds. The number of nitrogens with one attached hydrogen (secondary N) is 1. The van der Waals surface area contributed by atoms with Crippen LogP contribution in [0.25, 0.3) is 6.08 Å². The smallest absolute Gasteiger partial charge is 0.335 e. The Morgan fingerprint density at radius 3 is 2.36 bits per heavy atom. The summed E-state index contributed by atoms with van der Waals surface area (Å²) in [4.78, 5) is 36.4. The zero-order chi connectivity index (χ0) is 17.8. The van der Waals surface area contributed by atoms with Gasteiger partial charge in [-0.1, -0.05) is 42.5 Å². The van der Waals surface area contributed by atoms with Gasteiger partial charge in [-0.25, -0.2) is 9.59 Å². The van der Waals surface area contributed by atoms with Crippen LogP contribution in [-0.2, 0) is 11.2 Å². The predicted molar refractivity (Wildman–Crippen MR) is 91.8 cm³/mol. The number of hydrogen-bond donors (Lipinski definition) is 2. The van der Waals surface area contributed by atoms with E-state index in [4.69, 9.17) is 5.11 Å². The van der Waals surface area contributed by atoms with Crippen molar-refractivity contribution in [1.29, 1.82) is 0 Å². The maximum atomic E-state index is 12.4. The van der Waals surface area contributed by atoms with Crippen molar-refractivity contribution in [1.82, 2.24) is 10.2 Å². The molecular weight excluding hydrogens is 320 g/mol. The van der Waals surface area contributed by atoms with Gasteiger partial charge >= 0.3 is 12.0 Å². The maximum Gasteiger partial charge on any atom is 0.335 e. The summed E-state index contributed by atoms with van der Waals surface area (Å²) in [7, 11) is 0. The molecule has 1 aliphatic rings. The average molecular weight is 336 g/mol. The molecule has 0 spiro atoms. The normalized spacial score (nSPS) is 15.5. The molecule has 0 radical (unpaired) electrons. The summed E-state index contributed by atoms with van der Waals surface area (Å²) < 4.78 is 0. The summed E-state index contributed by atoms with van der Waals surface area (Å²) in [5.74, 6) is -1.40. The minimum absolute atomic E-state index is 0.161. The highest BCUT2D eigenvalue weighted by atomic mass is 16.4. The van der Waals surface area contributed by atoms with E-state index in [1.807, 2.05) is 30.3 Å². The summed E-state index contributed by atoms with van der Waals surface area (Å²) in [5.41, 5.74) is 2.03. The van der Waals surface area contributed by atoms with E-state index in [0.717, 1.165) is 5.56 Å². The van der Waals surface area contributed by atoms with Crippen molar-refractivity contribution in [2.75, 3.05) is 6.54 Å². The largest absolute Gasteiger partial charge is 0.478 e. The standard InChI is InChI=1S/C19H16N2O4/c22-17-16(12-14-6-8-15(9-7-14)18(23)24)20-19(25)21(17)11-10-13-4-2-1-3-5-13/h1-9,12H,10-11H2,(H,20,25)(H,23,24)/b16-12+. The predicted octanol–water partition coefficient (Wildman–Crippen LogP) is 2.52. The highest BCUT2D eigenvalue weighted by Gasteiger charge is 2.32. The van der Waals surface area contributed by atoms with Crippen molar-refractivity contribution >= 4 is 24.0 Å². The second-order valence-electron chi connectivity index (χ2n) is 5.61. The van der Waals surface area contributed by atoms with Crippen LogP contribution in [0.3, 0.4) is 0 Å². The van der Waals surface area contributed by atoms with Crippen molar-refractivity contribution in [3.63, 3.8) is 0 Å². The van der Waals surface area contributed by atoms with Crippen LogP contribution in [0.1, 0.15) is 21.5 Å². The summed E-state index contributed by atoms with van der Waals surface area (Å²) in [6.07, 6.45) is 2.12. The number of nitrogens with zero attached hydrogens (tertiary/aromatic N) is 1. The van der Waals surface area contributed by atoms with Gasteiger partial charge < -0.3 is 10.4 Å². The Bertz CT molecular complexity index is 841. The number of rotatable bonds is 5. The van der Waals surface area contributed by atoms with Gasteiger partial charge in [0.15, 0.2) is 0 Å². The molecule has 0 aromatic heterocycles. The molecule has 2 N–H and O–H groups in total. The number of carboxylic acids is 1. The maximum absolute atomic E-state index is 12.4. The lowest BCUT2D eigenvalue weighted by molar-refractivity contribution is -0.122. The van der Waals surface area contributed by atoms with Gasteiger partial charge in [0.25, 0.3) is 5.91 Å². The molecule has 0 atom stereocenters. The van der Waals surface area contributed by atoms with E-state index < -0.39 is 12.0 Å². The van der Waals surface area contributed by atoms with E-state index in [1.54, 1.807) is 12.1 Å². The average Bonchev–Trinajstić information content (AvgIpc) is 2.88. The van der Waals surface area contributed by atoms with Gasteiger partial charge in [0, 0.05) is 6.54 Å². The Balaban J connectivity index is 1.70. The summed E-state index contributed by atoms with van der Waals surface area (Å²) in [6.45, 7) is 0.296. The number of carbonyl (C=O) groups excluding carboxylic acids is 2. The second kappa shape index (κ2) is 7.00. The third kappa shape index (κ3) is 3.74. The third-order valence-electron chi connectivity index (χ3n) is 3.90. The molecule has 0 bridgehead atoms. The molecule has 3 rings (SSSR count). The van der Waals surface area contributed by atoms with Crippen molar-refractivity contribution < 1.29 is 19.5 Å². The molecule has 0 aliphatic carbocycles. The lowest BCUT2D eigenvalue weighted by atomic mass is 10.1. The molecule has 1 saturated heterocycles. The Morgan fingerprint density at radius 1 is 1.04 bits per heavy atom. The summed E-state index contributed by atoms with van der Waals surface area (Å²) in [6, 6.07) is 15.2. The number of aromatic carboxylic acids is 1.